The van der Waals surface area contributed by atoms with Crippen LogP contribution < -0.4 is 9.64 Å². The van der Waals surface area contributed by atoms with Gasteiger partial charge < -0.3 is 14.1 Å². The Morgan fingerprint density at radius 3 is 2.47 bits per heavy atom. The van der Waals surface area contributed by atoms with E-state index in [1.54, 1.807) is 13.3 Å². The predicted molar refractivity (Wildman–Crippen MR) is 120 cm³/mol. The van der Waals surface area contributed by atoms with Gasteiger partial charge in [-0.3, -0.25) is 9.88 Å². The van der Waals surface area contributed by atoms with Crippen molar-refractivity contribution in [3.05, 3.63) is 78.5 Å². The molecule has 0 spiro atoms. The molecule has 0 aliphatic carbocycles. The molecule has 0 N–H and O–H groups in total. The standard InChI is InChI=1S/C25H25N3O2/c1-29-23-11-10-19(21-17-24(30-25(21)23)22-9-5-6-12-26-22)18-27-13-15-28(16-14-27)20-7-3-2-4-8-20/h2-12,17H,13-16,18H2,1H3. The first-order valence-electron chi connectivity index (χ1n) is 10.3. The zero-order chi connectivity index (χ0) is 20.3. The summed E-state index contributed by atoms with van der Waals surface area (Å²) in [5, 5.41) is 1.10. The zero-order valence-electron chi connectivity index (χ0n) is 17.1. The molecular formula is C25H25N3O2. The van der Waals surface area contributed by atoms with Gasteiger partial charge in [-0.15, -0.1) is 0 Å². The van der Waals surface area contributed by atoms with E-state index in [1.807, 2.05) is 24.3 Å². The van der Waals surface area contributed by atoms with Crippen LogP contribution in [-0.4, -0.2) is 43.2 Å². The molecular weight excluding hydrogens is 374 g/mol. The van der Waals surface area contributed by atoms with Crippen molar-refractivity contribution in [2.75, 3.05) is 38.2 Å². The first-order valence-corrected chi connectivity index (χ1v) is 10.3. The lowest BCUT2D eigenvalue weighted by Crippen LogP contribution is -2.45. The third-order valence-corrected chi connectivity index (χ3v) is 5.76. The van der Waals surface area contributed by atoms with Crippen LogP contribution in [-0.2, 0) is 6.54 Å². The highest BCUT2D eigenvalue weighted by Crippen LogP contribution is 2.35. The van der Waals surface area contributed by atoms with Crippen molar-refractivity contribution < 1.29 is 9.15 Å². The first-order chi connectivity index (χ1) is 14.8. The van der Waals surface area contributed by atoms with Crippen molar-refractivity contribution in [3.63, 3.8) is 0 Å². The van der Waals surface area contributed by atoms with E-state index in [4.69, 9.17) is 9.15 Å². The molecule has 2 aromatic carbocycles. The van der Waals surface area contributed by atoms with Crippen LogP contribution in [0.25, 0.3) is 22.4 Å². The summed E-state index contributed by atoms with van der Waals surface area (Å²) in [7, 11) is 1.68. The Morgan fingerprint density at radius 2 is 1.73 bits per heavy atom. The molecule has 5 rings (SSSR count). The van der Waals surface area contributed by atoms with Crippen molar-refractivity contribution in [1.82, 2.24) is 9.88 Å². The second kappa shape index (κ2) is 8.20. The fourth-order valence-corrected chi connectivity index (χ4v) is 4.13. The summed E-state index contributed by atoms with van der Waals surface area (Å²) < 4.78 is 11.7. The topological polar surface area (TPSA) is 41.7 Å². The molecule has 3 heterocycles. The van der Waals surface area contributed by atoms with Crippen LogP contribution in [0.2, 0.25) is 0 Å². The average molecular weight is 399 g/mol. The maximum absolute atomic E-state index is 6.17. The number of ether oxygens (including phenoxy) is 1. The smallest absolute Gasteiger partial charge is 0.177 e. The van der Waals surface area contributed by atoms with Crippen molar-refractivity contribution in [3.8, 4) is 17.2 Å². The Labute approximate surface area is 176 Å². The van der Waals surface area contributed by atoms with Crippen molar-refractivity contribution in [1.29, 1.82) is 0 Å². The second-order valence-corrected chi connectivity index (χ2v) is 7.59. The molecule has 0 bridgehead atoms. The number of rotatable bonds is 5. The number of anilines is 1. The number of piperazine rings is 1. The van der Waals surface area contributed by atoms with Crippen LogP contribution in [0.3, 0.4) is 0 Å². The average Bonchev–Trinajstić information content (AvgIpc) is 3.27. The van der Waals surface area contributed by atoms with E-state index in [-0.39, 0.29) is 0 Å². The van der Waals surface area contributed by atoms with Crippen LogP contribution in [0.4, 0.5) is 5.69 Å². The van der Waals surface area contributed by atoms with E-state index in [0.717, 1.165) is 60.9 Å². The summed E-state index contributed by atoms with van der Waals surface area (Å²) in [5.41, 5.74) is 4.18. The fourth-order valence-electron chi connectivity index (χ4n) is 4.13. The summed E-state index contributed by atoms with van der Waals surface area (Å²) in [5.74, 6) is 1.52. The summed E-state index contributed by atoms with van der Waals surface area (Å²) in [4.78, 5) is 9.40. The summed E-state index contributed by atoms with van der Waals surface area (Å²) in [6, 6.07) is 22.8. The molecule has 0 atom stereocenters. The molecule has 1 aliphatic heterocycles. The number of nitrogens with zero attached hydrogens (tertiary/aromatic N) is 3. The Bertz CT molecular complexity index is 1120. The van der Waals surface area contributed by atoms with Gasteiger partial charge in [-0.05, 0) is 42.0 Å². The zero-order valence-corrected chi connectivity index (χ0v) is 17.1. The van der Waals surface area contributed by atoms with Crippen LogP contribution in [0, 0.1) is 0 Å². The van der Waals surface area contributed by atoms with Crippen molar-refractivity contribution in [2.45, 2.75) is 6.54 Å². The monoisotopic (exact) mass is 399 g/mol. The third-order valence-electron chi connectivity index (χ3n) is 5.76. The van der Waals surface area contributed by atoms with Gasteiger partial charge in [0.15, 0.2) is 17.1 Å². The molecule has 1 fully saturated rings. The van der Waals surface area contributed by atoms with Gasteiger partial charge in [0, 0.05) is 50.0 Å². The molecule has 5 nitrogen and oxygen atoms in total. The minimum Gasteiger partial charge on any atom is -0.493 e. The Hall–Kier alpha value is -3.31. The number of furan rings is 1. The third kappa shape index (κ3) is 3.64. The molecule has 30 heavy (non-hydrogen) atoms. The lowest BCUT2D eigenvalue weighted by molar-refractivity contribution is 0.250. The van der Waals surface area contributed by atoms with Crippen LogP contribution in [0.15, 0.2) is 77.3 Å². The molecule has 1 aliphatic rings. The van der Waals surface area contributed by atoms with Crippen molar-refractivity contribution in [2.24, 2.45) is 0 Å². The minimum atomic E-state index is 0.754. The van der Waals surface area contributed by atoms with E-state index in [1.165, 1.54) is 11.3 Å². The Morgan fingerprint density at radius 1 is 0.933 bits per heavy atom. The number of benzene rings is 2. The lowest BCUT2D eigenvalue weighted by Gasteiger charge is -2.36. The van der Waals surface area contributed by atoms with Gasteiger partial charge in [0.25, 0.3) is 0 Å². The van der Waals surface area contributed by atoms with E-state index in [2.05, 4.69) is 57.2 Å². The molecule has 0 radical (unpaired) electrons. The summed E-state index contributed by atoms with van der Waals surface area (Å²) >= 11 is 0. The molecule has 0 saturated carbocycles. The maximum atomic E-state index is 6.17. The molecule has 152 valence electrons. The van der Waals surface area contributed by atoms with Gasteiger partial charge in [0.2, 0.25) is 0 Å². The number of methoxy groups -OCH3 is 1. The van der Waals surface area contributed by atoms with E-state index < -0.39 is 0 Å². The van der Waals surface area contributed by atoms with E-state index >= 15 is 0 Å². The molecule has 0 unspecified atom stereocenters. The number of para-hydroxylation sites is 1. The van der Waals surface area contributed by atoms with Crippen LogP contribution in [0.5, 0.6) is 5.75 Å². The summed E-state index contributed by atoms with van der Waals surface area (Å²) in [6.45, 7) is 5.03. The van der Waals surface area contributed by atoms with Crippen molar-refractivity contribution >= 4 is 16.7 Å². The molecule has 2 aromatic heterocycles. The van der Waals surface area contributed by atoms with Gasteiger partial charge in [-0.1, -0.05) is 30.3 Å². The van der Waals surface area contributed by atoms with E-state index in [9.17, 15) is 0 Å². The van der Waals surface area contributed by atoms with Gasteiger partial charge in [0.05, 0.1) is 7.11 Å². The van der Waals surface area contributed by atoms with Crippen LogP contribution >= 0.6 is 0 Å². The fraction of sp³-hybridized carbons (Fsp3) is 0.240. The normalized spacial score (nSPS) is 14.9. The molecule has 5 heteroatoms. The first kappa shape index (κ1) is 18.7. The second-order valence-electron chi connectivity index (χ2n) is 7.59. The summed E-state index contributed by atoms with van der Waals surface area (Å²) in [6.07, 6.45) is 1.78. The molecule has 0 amide bonds. The number of hydrogen-bond acceptors (Lipinski definition) is 5. The molecule has 4 aromatic rings. The highest BCUT2D eigenvalue weighted by molar-refractivity contribution is 5.89. The number of fused-ring (bicyclic) bond motifs is 1. The number of hydrogen-bond donors (Lipinski definition) is 0. The largest absolute Gasteiger partial charge is 0.493 e. The van der Waals surface area contributed by atoms with Gasteiger partial charge >= 0.3 is 0 Å². The van der Waals surface area contributed by atoms with Gasteiger partial charge in [-0.25, -0.2) is 0 Å². The SMILES string of the molecule is COc1ccc(CN2CCN(c3ccccc3)CC2)c2cc(-c3ccccn3)oc12. The highest BCUT2D eigenvalue weighted by Gasteiger charge is 2.20. The molecule has 1 saturated heterocycles. The van der Waals surface area contributed by atoms with Gasteiger partial charge in [0.1, 0.15) is 5.69 Å². The lowest BCUT2D eigenvalue weighted by atomic mass is 10.1. The predicted octanol–water partition coefficient (Wildman–Crippen LogP) is 4.83. The number of pyridine rings is 1. The maximum Gasteiger partial charge on any atom is 0.177 e. The van der Waals surface area contributed by atoms with Gasteiger partial charge in [-0.2, -0.15) is 0 Å². The Balaban J connectivity index is 1.38. The van der Waals surface area contributed by atoms with E-state index in [0.29, 0.717) is 0 Å². The number of aromatic nitrogens is 1. The van der Waals surface area contributed by atoms with Crippen LogP contribution in [0.1, 0.15) is 5.56 Å². The quantitative estimate of drug-likeness (QED) is 0.481. The minimum absolute atomic E-state index is 0.754. The Kier molecular flexibility index (Phi) is 5.11. The highest BCUT2D eigenvalue weighted by atomic mass is 16.5.